The Morgan fingerprint density at radius 1 is 1.04 bits per heavy atom. The van der Waals surface area contributed by atoms with E-state index in [4.69, 9.17) is 0 Å². The van der Waals surface area contributed by atoms with Crippen LogP contribution < -0.4 is 4.90 Å². The zero-order valence-electron chi connectivity index (χ0n) is 16.0. The van der Waals surface area contributed by atoms with Gasteiger partial charge in [-0.05, 0) is 30.4 Å². The molecule has 1 aromatic carbocycles. The zero-order valence-corrected chi connectivity index (χ0v) is 16.0. The molecule has 6 heteroatoms. The number of aromatic nitrogens is 4. The molecule has 28 heavy (non-hydrogen) atoms. The van der Waals surface area contributed by atoms with Crippen LogP contribution in [0.15, 0.2) is 61.2 Å². The first-order valence-corrected chi connectivity index (χ1v) is 10.1. The number of likely N-dealkylation sites (tertiary alicyclic amines) is 1. The number of fused-ring (bicyclic) bond motifs is 1. The Bertz CT molecular complexity index is 882. The number of nitrogens with one attached hydrogen (secondary N) is 1. The summed E-state index contributed by atoms with van der Waals surface area (Å²) in [6, 6.07) is 13.0. The van der Waals surface area contributed by atoms with E-state index in [0.29, 0.717) is 11.3 Å². The summed E-state index contributed by atoms with van der Waals surface area (Å²) in [6.07, 6.45) is 9.62. The molecular weight excluding hydrogens is 348 g/mol. The molecule has 4 heterocycles. The van der Waals surface area contributed by atoms with Gasteiger partial charge in [0.15, 0.2) is 0 Å². The minimum Gasteiger partial charge on any atom is -0.354 e. The van der Waals surface area contributed by atoms with E-state index in [-0.39, 0.29) is 0 Å². The maximum absolute atomic E-state index is 4.55. The first-order valence-electron chi connectivity index (χ1n) is 10.1. The van der Waals surface area contributed by atoms with Gasteiger partial charge < -0.3 is 4.90 Å². The lowest BCUT2D eigenvalue weighted by Crippen LogP contribution is -2.35. The lowest BCUT2D eigenvalue weighted by molar-refractivity contribution is 0.239. The van der Waals surface area contributed by atoms with Crippen LogP contribution in [0.25, 0.3) is 0 Å². The summed E-state index contributed by atoms with van der Waals surface area (Å²) < 4.78 is 0. The van der Waals surface area contributed by atoms with Crippen LogP contribution in [-0.2, 0) is 13.0 Å². The molecule has 2 aliphatic heterocycles. The van der Waals surface area contributed by atoms with E-state index in [2.05, 4.69) is 66.4 Å². The number of hydrogen-bond donors (Lipinski definition) is 1. The van der Waals surface area contributed by atoms with Gasteiger partial charge in [0.2, 0.25) is 0 Å². The first-order chi connectivity index (χ1) is 13.8. The molecule has 144 valence electrons. The second-order valence-electron chi connectivity index (χ2n) is 8.24. The minimum atomic E-state index is 0.299. The van der Waals surface area contributed by atoms with Gasteiger partial charge in [0.25, 0.3) is 0 Å². The molecule has 2 atom stereocenters. The minimum absolute atomic E-state index is 0.299. The maximum Gasteiger partial charge on any atom is 0.147 e. The Balaban J connectivity index is 1.35. The van der Waals surface area contributed by atoms with Crippen molar-refractivity contribution in [3.05, 3.63) is 72.4 Å². The lowest BCUT2D eigenvalue weighted by Gasteiger charge is -2.30. The van der Waals surface area contributed by atoms with Crippen LogP contribution in [0.2, 0.25) is 0 Å². The van der Waals surface area contributed by atoms with Crippen LogP contribution in [-0.4, -0.2) is 51.2 Å². The van der Waals surface area contributed by atoms with Gasteiger partial charge >= 0.3 is 0 Å². The van der Waals surface area contributed by atoms with Crippen LogP contribution in [0.5, 0.6) is 0 Å². The Kier molecular flexibility index (Phi) is 4.56. The van der Waals surface area contributed by atoms with Gasteiger partial charge in [0, 0.05) is 62.4 Å². The van der Waals surface area contributed by atoms with Gasteiger partial charge in [0.1, 0.15) is 5.82 Å². The molecule has 2 saturated heterocycles. The molecule has 3 aromatic rings. The summed E-state index contributed by atoms with van der Waals surface area (Å²) in [5.74, 6) is 1.66. The van der Waals surface area contributed by atoms with E-state index < -0.39 is 0 Å². The Labute approximate surface area is 165 Å². The first kappa shape index (κ1) is 17.4. The molecule has 2 fully saturated rings. The standard InChI is InChI=1S/C22H26N6/c1-2-4-18(5-3-1)6-8-22-16-27(15-20-7-9-25-26-20)13-19(22)14-28(17-22)21-12-23-10-11-24-21/h1-5,7,9-12,19H,6,8,13-17H2,(H,25,26). The highest BCUT2D eigenvalue weighted by Gasteiger charge is 2.52. The molecule has 6 nitrogen and oxygen atoms in total. The van der Waals surface area contributed by atoms with Crippen molar-refractivity contribution in [1.82, 2.24) is 25.1 Å². The van der Waals surface area contributed by atoms with Crippen molar-refractivity contribution in [2.45, 2.75) is 19.4 Å². The van der Waals surface area contributed by atoms with Crippen LogP contribution in [0, 0.1) is 11.3 Å². The number of rotatable bonds is 6. The molecule has 0 aliphatic carbocycles. The van der Waals surface area contributed by atoms with E-state index in [1.165, 1.54) is 17.7 Å². The maximum atomic E-state index is 4.55. The highest BCUT2D eigenvalue weighted by Crippen LogP contribution is 2.47. The third-order valence-corrected chi connectivity index (χ3v) is 6.41. The van der Waals surface area contributed by atoms with Crippen molar-refractivity contribution < 1.29 is 0 Å². The molecule has 0 amide bonds. The predicted octanol–water partition coefficient (Wildman–Crippen LogP) is 2.77. The largest absolute Gasteiger partial charge is 0.354 e. The van der Waals surface area contributed by atoms with Crippen molar-refractivity contribution in [3.63, 3.8) is 0 Å². The van der Waals surface area contributed by atoms with Crippen LogP contribution in [0.3, 0.4) is 0 Å². The zero-order chi connectivity index (χ0) is 18.8. The Morgan fingerprint density at radius 2 is 1.96 bits per heavy atom. The van der Waals surface area contributed by atoms with Gasteiger partial charge in [-0.2, -0.15) is 5.10 Å². The summed E-state index contributed by atoms with van der Waals surface area (Å²) in [4.78, 5) is 13.9. The van der Waals surface area contributed by atoms with Crippen molar-refractivity contribution in [1.29, 1.82) is 0 Å². The SMILES string of the molecule is c1ccc(CCC23CN(Cc4ccn[nH]4)CC2CN(c2cnccn2)C3)cc1. The number of nitrogens with zero attached hydrogens (tertiary/aromatic N) is 5. The van der Waals surface area contributed by atoms with Crippen molar-refractivity contribution in [2.75, 3.05) is 31.1 Å². The number of H-pyrrole nitrogens is 1. The molecule has 1 N–H and O–H groups in total. The van der Waals surface area contributed by atoms with Gasteiger partial charge in [0.05, 0.1) is 6.20 Å². The van der Waals surface area contributed by atoms with E-state index in [1.54, 1.807) is 12.4 Å². The monoisotopic (exact) mass is 374 g/mol. The second kappa shape index (κ2) is 7.36. The summed E-state index contributed by atoms with van der Waals surface area (Å²) in [6.45, 7) is 5.33. The fraction of sp³-hybridized carbons (Fsp3) is 0.409. The van der Waals surface area contributed by atoms with E-state index in [9.17, 15) is 0 Å². The molecular formula is C22H26N6. The fourth-order valence-electron chi connectivity index (χ4n) is 5.05. The van der Waals surface area contributed by atoms with Gasteiger partial charge in [-0.3, -0.25) is 15.0 Å². The smallest absolute Gasteiger partial charge is 0.147 e. The van der Waals surface area contributed by atoms with Crippen LogP contribution in [0.1, 0.15) is 17.7 Å². The lowest BCUT2D eigenvalue weighted by atomic mass is 9.76. The topological polar surface area (TPSA) is 60.9 Å². The molecule has 2 aliphatic rings. The molecule has 0 saturated carbocycles. The summed E-state index contributed by atoms with van der Waals surface area (Å²) in [5, 5.41) is 7.22. The van der Waals surface area contributed by atoms with Crippen molar-refractivity contribution >= 4 is 5.82 Å². The molecule has 2 unspecified atom stereocenters. The van der Waals surface area contributed by atoms with Gasteiger partial charge in [-0.15, -0.1) is 0 Å². The Morgan fingerprint density at radius 3 is 2.75 bits per heavy atom. The van der Waals surface area contributed by atoms with Gasteiger partial charge in [-0.1, -0.05) is 30.3 Å². The second-order valence-corrected chi connectivity index (χ2v) is 8.24. The van der Waals surface area contributed by atoms with Crippen LogP contribution >= 0.6 is 0 Å². The molecule has 0 spiro atoms. The fourth-order valence-corrected chi connectivity index (χ4v) is 5.05. The van der Waals surface area contributed by atoms with Crippen LogP contribution in [0.4, 0.5) is 5.82 Å². The number of aryl methyl sites for hydroxylation is 1. The highest BCUT2D eigenvalue weighted by atomic mass is 15.3. The Hall–Kier alpha value is -2.73. The average Bonchev–Trinajstić information content (AvgIpc) is 3.43. The van der Waals surface area contributed by atoms with Gasteiger partial charge in [-0.25, -0.2) is 4.98 Å². The van der Waals surface area contributed by atoms with Crippen molar-refractivity contribution in [2.24, 2.45) is 11.3 Å². The third kappa shape index (κ3) is 3.40. The average molecular weight is 374 g/mol. The van der Waals surface area contributed by atoms with Crippen molar-refractivity contribution in [3.8, 4) is 0 Å². The molecule has 0 radical (unpaired) electrons. The normalized spacial score (nSPS) is 24.6. The number of benzene rings is 1. The van der Waals surface area contributed by atoms with E-state index >= 15 is 0 Å². The molecule has 0 bridgehead atoms. The highest BCUT2D eigenvalue weighted by molar-refractivity contribution is 5.39. The summed E-state index contributed by atoms with van der Waals surface area (Å²) in [5.41, 5.74) is 2.93. The summed E-state index contributed by atoms with van der Waals surface area (Å²) >= 11 is 0. The predicted molar refractivity (Wildman–Crippen MR) is 109 cm³/mol. The summed E-state index contributed by atoms with van der Waals surface area (Å²) in [7, 11) is 0. The van der Waals surface area contributed by atoms with E-state index in [0.717, 1.165) is 45.0 Å². The third-order valence-electron chi connectivity index (χ3n) is 6.41. The molecule has 2 aromatic heterocycles. The number of aromatic amines is 1. The molecule has 5 rings (SSSR count). The van der Waals surface area contributed by atoms with E-state index in [1.807, 2.05) is 12.4 Å². The quantitative estimate of drug-likeness (QED) is 0.719. The number of anilines is 1. The number of hydrogen-bond acceptors (Lipinski definition) is 5.